The number of carbonyl (C=O) groups excluding carboxylic acids is 1. The van der Waals surface area contributed by atoms with E-state index in [1.165, 1.54) is 6.07 Å². The average molecular weight is 265 g/mol. The Hall–Kier alpha value is -2.55. The zero-order valence-corrected chi connectivity index (χ0v) is 10.7. The lowest BCUT2D eigenvalue weighted by molar-refractivity contribution is 0.0993. The number of hydrogen-bond acceptors (Lipinski definition) is 2. The molecule has 0 aliphatic heterocycles. The van der Waals surface area contributed by atoms with E-state index in [0.29, 0.717) is 11.1 Å². The van der Waals surface area contributed by atoms with Crippen molar-refractivity contribution in [2.75, 3.05) is 0 Å². The van der Waals surface area contributed by atoms with Crippen LogP contribution in [0.25, 0.3) is 10.8 Å². The monoisotopic (exact) mass is 265 g/mol. The molecule has 0 N–H and O–H groups in total. The van der Waals surface area contributed by atoms with Gasteiger partial charge in [0.2, 0.25) is 0 Å². The van der Waals surface area contributed by atoms with Gasteiger partial charge in [0.1, 0.15) is 5.82 Å². The molecule has 2 aromatic carbocycles. The first-order valence-corrected chi connectivity index (χ1v) is 6.35. The molecule has 0 fully saturated rings. The molecule has 0 amide bonds. The summed E-state index contributed by atoms with van der Waals surface area (Å²) in [6, 6.07) is 13.9. The van der Waals surface area contributed by atoms with E-state index < -0.39 is 0 Å². The molecule has 0 aliphatic carbocycles. The molecular formula is C17H12FNO. The molecule has 0 spiro atoms. The van der Waals surface area contributed by atoms with Crippen LogP contribution in [0.3, 0.4) is 0 Å². The van der Waals surface area contributed by atoms with Crippen LogP contribution >= 0.6 is 0 Å². The Morgan fingerprint density at radius 1 is 1.00 bits per heavy atom. The summed E-state index contributed by atoms with van der Waals surface area (Å²) >= 11 is 0. The molecular weight excluding hydrogens is 253 g/mol. The lowest BCUT2D eigenvalue weighted by Crippen LogP contribution is -2.06. The second kappa shape index (κ2) is 5.21. The van der Waals surface area contributed by atoms with E-state index in [1.54, 1.807) is 30.6 Å². The summed E-state index contributed by atoms with van der Waals surface area (Å²) in [5.74, 6) is -0.478. The number of aromatic nitrogens is 1. The second-order valence-corrected chi connectivity index (χ2v) is 4.60. The van der Waals surface area contributed by atoms with Gasteiger partial charge in [-0.1, -0.05) is 42.5 Å². The fourth-order valence-electron chi connectivity index (χ4n) is 2.25. The maximum absolute atomic E-state index is 13.6. The predicted molar refractivity (Wildman–Crippen MR) is 76.2 cm³/mol. The van der Waals surface area contributed by atoms with Gasteiger partial charge < -0.3 is 0 Å². The molecule has 98 valence electrons. The molecule has 0 unspecified atom stereocenters. The van der Waals surface area contributed by atoms with Gasteiger partial charge in [-0.3, -0.25) is 9.78 Å². The van der Waals surface area contributed by atoms with Crippen LogP contribution in [0.15, 0.2) is 60.9 Å². The van der Waals surface area contributed by atoms with Crippen molar-refractivity contribution in [3.8, 4) is 0 Å². The number of fused-ring (bicyclic) bond motifs is 1. The molecule has 20 heavy (non-hydrogen) atoms. The van der Waals surface area contributed by atoms with Crippen LogP contribution in [0.4, 0.5) is 4.39 Å². The molecule has 3 rings (SSSR count). The van der Waals surface area contributed by atoms with Gasteiger partial charge in [0, 0.05) is 29.8 Å². The fourth-order valence-corrected chi connectivity index (χ4v) is 2.25. The first kappa shape index (κ1) is 12.5. The third kappa shape index (κ3) is 2.30. The van der Waals surface area contributed by atoms with Gasteiger partial charge in [-0.15, -0.1) is 0 Å². The zero-order valence-electron chi connectivity index (χ0n) is 10.7. The molecule has 3 heteroatoms. The number of hydrogen-bond donors (Lipinski definition) is 0. The summed E-state index contributed by atoms with van der Waals surface area (Å²) in [6.07, 6.45) is 3.31. The number of halogens is 1. The van der Waals surface area contributed by atoms with Crippen LogP contribution in [0.1, 0.15) is 15.9 Å². The predicted octanol–water partition coefficient (Wildman–Crippen LogP) is 3.80. The number of pyridine rings is 1. The van der Waals surface area contributed by atoms with Crippen molar-refractivity contribution in [2.45, 2.75) is 6.42 Å². The Kier molecular flexibility index (Phi) is 3.25. The van der Waals surface area contributed by atoms with Crippen LogP contribution in [-0.2, 0) is 6.42 Å². The molecule has 0 aliphatic rings. The van der Waals surface area contributed by atoms with E-state index in [-0.39, 0.29) is 18.0 Å². The first-order valence-electron chi connectivity index (χ1n) is 6.35. The van der Waals surface area contributed by atoms with Crippen molar-refractivity contribution in [3.05, 3.63) is 77.9 Å². The van der Waals surface area contributed by atoms with E-state index in [4.69, 9.17) is 0 Å². The average Bonchev–Trinajstić information content (AvgIpc) is 2.49. The van der Waals surface area contributed by atoms with Crippen LogP contribution < -0.4 is 0 Å². The fraction of sp³-hybridized carbons (Fsp3) is 0.0588. The van der Waals surface area contributed by atoms with Gasteiger partial charge in [0.15, 0.2) is 5.78 Å². The number of benzene rings is 2. The minimum Gasteiger partial charge on any atom is -0.294 e. The van der Waals surface area contributed by atoms with Crippen molar-refractivity contribution in [3.63, 3.8) is 0 Å². The Bertz CT molecular complexity index is 777. The number of Topliss-reactive ketones (excluding diaryl/α,β-unsaturated/α-hetero) is 1. The van der Waals surface area contributed by atoms with Crippen molar-refractivity contribution in [1.29, 1.82) is 0 Å². The Labute approximate surface area is 115 Å². The summed E-state index contributed by atoms with van der Waals surface area (Å²) in [7, 11) is 0. The Morgan fingerprint density at radius 3 is 2.60 bits per heavy atom. The molecule has 0 atom stereocenters. The zero-order chi connectivity index (χ0) is 13.9. The van der Waals surface area contributed by atoms with Crippen molar-refractivity contribution < 1.29 is 9.18 Å². The van der Waals surface area contributed by atoms with Gasteiger partial charge >= 0.3 is 0 Å². The standard InChI is InChI=1S/C17H12FNO/c18-16-8-4-2-5-12(16)9-17(20)15-11-19-10-13-6-1-3-7-14(13)15/h1-8,10-11H,9H2. The molecule has 3 aromatic rings. The highest BCUT2D eigenvalue weighted by molar-refractivity contribution is 6.08. The normalized spacial score (nSPS) is 10.7. The highest BCUT2D eigenvalue weighted by Crippen LogP contribution is 2.19. The van der Waals surface area contributed by atoms with Crippen molar-refractivity contribution in [1.82, 2.24) is 4.98 Å². The van der Waals surface area contributed by atoms with Crippen LogP contribution in [-0.4, -0.2) is 10.8 Å². The Morgan fingerprint density at radius 2 is 1.75 bits per heavy atom. The number of carbonyl (C=O) groups is 1. The lowest BCUT2D eigenvalue weighted by Gasteiger charge is -2.06. The van der Waals surface area contributed by atoms with Crippen LogP contribution in [0.2, 0.25) is 0 Å². The van der Waals surface area contributed by atoms with E-state index >= 15 is 0 Å². The van der Waals surface area contributed by atoms with Crippen molar-refractivity contribution >= 4 is 16.6 Å². The van der Waals surface area contributed by atoms with Crippen LogP contribution in [0.5, 0.6) is 0 Å². The molecule has 0 radical (unpaired) electrons. The first-order chi connectivity index (χ1) is 9.75. The second-order valence-electron chi connectivity index (χ2n) is 4.60. The highest BCUT2D eigenvalue weighted by Gasteiger charge is 2.13. The van der Waals surface area contributed by atoms with Gasteiger partial charge in [0.25, 0.3) is 0 Å². The Balaban J connectivity index is 1.99. The summed E-state index contributed by atoms with van der Waals surface area (Å²) < 4.78 is 13.6. The minimum atomic E-state index is -0.353. The number of ketones is 1. The largest absolute Gasteiger partial charge is 0.294 e. The smallest absolute Gasteiger partial charge is 0.169 e. The van der Waals surface area contributed by atoms with Gasteiger partial charge in [0.05, 0.1) is 0 Å². The van der Waals surface area contributed by atoms with E-state index in [2.05, 4.69) is 4.98 Å². The maximum Gasteiger partial charge on any atom is 0.169 e. The third-order valence-electron chi connectivity index (χ3n) is 3.28. The maximum atomic E-state index is 13.6. The molecule has 1 aromatic heterocycles. The summed E-state index contributed by atoms with van der Waals surface area (Å²) in [5.41, 5.74) is 0.941. The van der Waals surface area contributed by atoms with Crippen molar-refractivity contribution in [2.24, 2.45) is 0 Å². The van der Waals surface area contributed by atoms with Gasteiger partial charge in [-0.05, 0) is 17.0 Å². The molecule has 0 saturated heterocycles. The highest BCUT2D eigenvalue weighted by atomic mass is 19.1. The van der Waals surface area contributed by atoms with E-state index in [1.807, 2.05) is 24.3 Å². The summed E-state index contributed by atoms with van der Waals surface area (Å²) in [5, 5.41) is 1.76. The third-order valence-corrected chi connectivity index (χ3v) is 3.28. The number of nitrogens with zero attached hydrogens (tertiary/aromatic N) is 1. The summed E-state index contributed by atoms with van der Waals surface area (Å²) in [6.45, 7) is 0. The van der Waals surface area contributed by atoms with E-state index in [0.717, 1.165) is 10.8 Å². The quantitative estimate of drug-likeness (QED) is 0.674. The minimum absolute atomic E-state index is 0.0440. The molecule has 0 bridgehead atoms. The lowest BCUT2D eigenvalue weighted by atomic mass is 9.99. The van der Waals surface area contributed by atoms with E-state index in [9.17, 15) is 9.18 Å². The molecule has 2 nitrogen and oxygen atoms in total. The van der Waals surface area contributed by atoms with Gasteiger partial charge in [-0.2, -0.15) is 0 Å². The SMILES string of the molecule is O=C(Cc1ccccc1F)c1cncc2ccccc12. The molecule has 0 saturated carbocycles. The van der Waals surface area contributed by atoms with Gasteiger partial charge in [-0.25, -0.2) is 4.39 Å². The summed E-state index contributed by atoms with van der Waals surface area (Å²) in [4.78, 5) is 16.5. The molecule has 1 heterocycles. The topological polar surface area (TPSA) is 30.0 Å². The number of rotatable bonds is 3. The van der Waals surface area contributed by atoms with Crippen LogP contribution in [0, 0.1) is 5.82 Å².